The van der Waals surface area contributed by atoms with Crippen molar-refractivity contribution in [2.24, 2.45) is 0 Å². The molecule has 0 radical (unpaired) electrons. The maximum Gasteiger partial charge on any atom is 0.252 e. The van der Waals surface area contributed by atoms with E-state index in [1.54, 1.807) is 0 Å². The monoisotopic (exact) mass is 121 g/mol. The predicted molar refractivity (Wildman–Crippen MR) is 27.3 cm³/mol. The van der Waals surface area contributed by atoms with Crippen LogP contribution >= 0.6 is 12.2 Å². The molecule has 4 heteroatoms. The summed E-state index contributed by atoms with van der Waals surface area (Å²) in [6.45, 7) is 1.09. The van der Waals surface area contributed by atoms with Crippen molar-refractivity contribution in [1.82, 2.24) is 5.12 Å². The fourth-order valence-electron chi connectivity index (χ4n) is 0.0742. The Hall–Kier alpha value is -0.510. The fourth-order valence-corrected chi connectivity index (χ4v) is 0.223. The van der Waals surface area contributed by atoms with Crippen LogP contribution in [0.1, 0.15) is 6.92 Å². The second-order valence-corrected chi connectivity index (χ2v) is 1.15. The van der Waals surface area contributed by atoms with Gasteiger partial charge >= 0.3 is 0 Å². The third kappa shape index (κ3) is 2.22. The first kappa shape index (κ1) is 6.49. The Kier molecular flexibility index (Phi) is 2.44. The lowest BCUT2D eigenvalue weighted by molar-refractivity contribution is -0.134. The van der Waals surface area contributed by atoms with E-state index in [1.165, 1.54) is 0 Å². The number of nitrogens with zero attached hydrogens (tertiary/aromatic N) is 1. The Bertz CT molecular complexity index is 94.9. The lowest BCUT2D eigenvalue weighted by atomic mass is 10.7. The van der Waals surface area contributed by atoms with E-state index in [-0.39, 0.29) is 5.12 Å². The van der Waals surface area contributed by atoms with Crippen LogP contribution in [0.5, 0.6) is 0 Å². The van der Waals surface area contributed by atoms with Crippen LogP contribution in [-0.2, 0) is 4.79 Å². The van der Waals surface area contributed by atoms with Crippen LogP contribution in [0.2, 0.25) is 0 Å². The van der Waals surface area contributed by atoms with E-state index in [9.17, 15) is 9.28 Å². The van der Waals surface area contributed by atoms with Gasteiger partial charge in [0, 0.05) is 6.92 Å². The van der Waals surface area contributed by atoms with Crippen molar-refractivity contribution in [2.45, 2.75) is 6.92 Å². The first-order chi connectivity index (χ1) is 3.18. The maximum atomic E-state index is 11.6. The van der Waals surface area contributed by atoms with Gasteiger partial charge in [0.25, 0.3) is 5.91 Å². The molecule has 0 saturated carbocycles. The highest BCUT2D eigenvalue weighted by molar-refractivity contribution is 7.78. The smallest absolute Gasteiger partial charge is 0.252 e. The molecule has 0 heterocycles. The van der Waals surface area contributed by atoms with Gasteiger partial charge in [-0.15, -0.1) is 5.12 Å². The molecule has 0 fully saturated rings. The number of hydrogen-bond donors (Lipinski definition) is 0. The molecule has 0 rings (SSSR count). The van der Waals surface area contributed by atoms with Gasteiger partial charge in [0.15, 0.2) is 0 Å². The van der Waals surface area contributed by atoms with Gasteiger partial charge in [-0.3, -0.25) is 4.79 Å². The van der Waals surface area contributed by atoms with Gasteiger partial charge in [0.2, 0.25) is 0 Å². The average molecular weight is 121 g/mol. The Labute approximate surface area is 45.9 Å². The van der Waals surface area contributed by atoms with E-state index in [0.717, 1.165) is 6.92 Å². The number of carbonyl (C=O) groups excluding carboxylic acids is 1. The summed E-state index contributed by atoms with van der Waals surface area (Å²) in [5.74, 6) is -0.699. The average Bonchev–Trinajstić information content (AvgIpc) is 1.65. The van der Waals surface area contributed by atoms with Gasteiger partial charge in [-0.2, -0.15) is 0 Å². The van der Waals surface area contributed by atoms with Crippen molar-refractivity contribution in [2.75, 3.05) is 0 Å². The molecule has 0 unspecified atom stereocenters. The normalized spacial score (nSPS) is 7.71. The summed E-state index contributed by atoms with van der Waals surface area (Å²) in [6, 6.07) is 0. The zero-order valence-electron chi connectivity index (χ0n) is 3.72. The molecule has 0 aromatic rings. The Balaban J connectivity index is 3.55. The summed E-state index contributed by atoms with van der Waals surface area (Å²) in [7, 11) is 0. The lowest BCUT2D eigenvalue weighted by Crippen LogP contribution is -2.15. The number of thiocarbonyl (C=S) groups is 1. The van der Waals surface area contributed by atoms with Gasteiger partial charge < -0.3 is 0 Å². The van der Waals surface area contributed by atoms with Crippen molar-refractivity contribution in [3.8, 4) is 0 Å². The van der Waals surface area contributed by atoms with Crippen molar-refractivity contribution in [3.05, 3.63) is 0 Å². The molecule has 0 saturated heterocycles. The van der Waals surface area contributed by atoms with E-state index in [0.29, 0.717) is 5.49 Å². The molecule has 40 valence electrons. The molecule has 0 aliphatic heterocycles. The molecule has 0 spiro atoms. The van der Waals surface area contributed by atoms with Crippen LogP contribution in [0.3, 0.4) is 0 Å². The molecule has 7 heavy (non-hydrogen) atoms. The highest BCUT2D eigenvalue weighted by atomic mass is 32.1. The van der Waals surface area contributed by atoms with Crippen LogP contribution in [-0.4, -0.2) is 16.5 Å². The summed E-state index contributed by atoms with van der Waals surface area (Å²) in [5, 5.41) is -0.157. The number of hydrogen-bond acceptors (Lipinski definition) is 2. The second-order valence-electron chi connectivity index (χ2n) is 0.936. The number of carbonyl (C=O) groups is 1. The third-order valence-corrected chi connectivity index (χ3v) is 0.578. The Morgan fingerprint density at radius 3 is 2.43 bits per heavy atom. The summed E-state index contributed by atoms with van der Waals surface area (Å²) in [4.78, 5) is 9.83. The van der Waals surface area contributed by atoms with Crippen LogP contribution in [0.15, 0.2) is 0 Å². The molecule has 0 aromatic carbocycles. The van der Waals surface area contributed by atoms with E-state index in [2.05, 4.69) is 12.2 Å². The number of amides is 1. The van der Waals surface area contributed by atoms with E-state index in [4.69, 9.17) is 0 Å². The third-order valence-electron chi connectivity index (χ3n) is 0.393. The fraction of sp³-hybridized carbons (Fsp3) is 0.333. The zero-order chi connectivity index (χ0) is 5.86. The molecule has 0 bridgehead atoms. The van der Waals surface area contributed by atoms with Crippen LogP contribution in [0.25, 0.3) is 0 Å². The summed E-state index contributed by atoms with van der Waals surface area (Å²) >= 11 is 4.06. The second kappa shape index (κ2) is 2.63. The van der Waals surface area contributed by atoms with Crippen LogP contribution < -0.4 is 0 Å². The standard InChI is InChI=1S/C3H4FNOS/c1-3(6)5(4)2-7/h2H,1H3. The molecule has 0 aromatic heterocycles. The molecule has 2 nitrogen and oxygen atoms in total. The Morgan fingerprint density at radius 2 is 2.43 bits per heavy atom. The van der Waals surface area contributed by atoms with Gasteiger partial charge in [-0.1, -0.05) is 16.7 Å². The summed E-state index contributed by atoms with van der Waals surface area (Å²) < 4.78 is 11.6. The SMILES string of the molecule is CC(=O)N(F)C=S. The quantitative estimate of drug-likeness (QED) is 0.375. The molecule has 0 aliphatic carbocycles. The molecule has 0 atom stereocenters. The predicted octanol–water partition coefficient (Wildman–Crippen LogP) is 0.677. The molecule has 1 amide bonds. The minimum atomic E-state index is -0.699. The van der Waals surface area contributed by atoms with E-state index in [1.807, 2.05) is 0 Å². The van der Waals surface area contributed by atoms with Crippen LogP contribution in [0.4, 0.5) is 4.48 Å². The van der Waals surface area contributed by atoms with Crippen molar-refractivity contribution >= 4 is 23.6 Å². The first-order valence-corrected chi connectivity index (χ1v) is 2.06. The largest absolute Gasteiger partial charge is 0.272 e. The first-order valence-electron chi connectivity index (χ1n) is 1.59. The lowest BCUT2D eigenvalue weighted by Gasteiger charge is -1.95. The van der Waals surface area contributed by atoms with E-state index < -0.39 is 5.91 Å². The highest BCUT2D eigenvalue weighted by Crippen LogP contribution is 1.81. The Morgan fingerprint density at radius 1 is 2.00 bits per heavy atom. The van der Waals surface area contributed by atoms with Gasteiger partial charge in [-0.05, 0) is 0 Å². The zero-order valence-corrected chi connectivity index (χ0v) is 4.54. The molecular weight excluding hydrogens is 117 g/mol. The number of rotatable bonds is 1. The molecule has 0 aliphatic rings. The minimum absolute atomic E-state index is 0.157. The van der Waals surface area contributed by atoms with Crippen molar-refractivity contribution < 1.29 is 9.28 Å². The topological polar surface area (TPSA) is 20.3 Å². The maximum absolute atomic E-state index is 11.6. The molecular formula is C3H4FNOS. The summed E-state index contributed by atoms with van der Waals surface area (Å²) in [5.41, 5.74) is 0.641. The van der Waals surface area contributed by atoms with Gasteiger partial charge in [0.05, 0.1) is 0 Å². The summed E-state index contributed by atoms with van der Waals surface area (Å²) in [6.07, 6.45) is 0. The van der Waals surface area contributed by atoms with Crippen LogP contribution in [0, 0.1) is 0 Å². The van der Waals surface area contributed by atoms with E-state index >= 15 is 0 Å². The minimum Gasteiger partial charge on any atom is -0.272 e. The highest BCUT2D eigenvalue weighted by Gasteiger charge is 1.98. The number of halogens is 1. The van der Waals surface area contributed by atoms with Crippen molar-refractivity contribution in [1.29, 1.82) is 0 Å². The molecule has 0 N–H and O–H groups in total. The van der Waals surface area contributed by atoms with Gasteiger partial charge in [0.1, 0.15) is 5.49 Å². The van der Waals surface area contributed by atoms with Gasteiger partial charge in [-0.25, -0.2) is 0 Å². The van der Waals surface area contributed by atoms with Crippen molar-refractivity contribution in [3.63, 3.8) is 0 Å².